The largest absolute Gasteiger partial charge is 0.464 e. The van der Waals surface area contributed by atoms with Crippen LogP contribution in [0.4, 0.5) is 0 Å². The molecule has 0 saturated heterocycles. The van der Waals surface area contributed by atoms with Crippen LogP contribution in [0.2, 0.25) is 0 Å². The molecule has 0 aliphatic rings. The Bertz CT molecular complexity index is 822. The summed E-state index contributed by atoms with van der Waals surface area (Å²) >= 11 is 1.16. The first-order valence-electron chi connectivity index (χ1n) is 6.13. The maximum atomic E-state index is 12.1. The summed E-state index contributed by atoms with van der Waals surface area (Å²) in [6, 6.07) is 7.06. The van der Waals surface area contributed by atoms with E-state index in [2.05, 4.69) is 10.3 Å². The molecule has 3 aromatic rings. The molecule has 0 fully saturated rings. The number of thiazole rings is 1. The first-order valence-corrected chi connectivity index (χ1v) is 6.95. The second-order valence-electron chi connectivity index (χ2n) is 4.34. The molecule has 3 rings (SSSR count). The van der Waals surface area contributed by atoms with Crippen molar-refractivity contribution in [3.05, 3.63) is 52.2 Å². The number of primary amides is 1. The van der Waals surface area contributed by atoms with Gasteiger partial charge < -0.3 is 15.5 Å². The lowest BCUT2D eigenvalue weighted by molar-refractivity contribution is 0.0949. The highest BCUT2D eigenvalue weighted by Gasteiger charge is 2.10. The molecule has 2 amide bonds. The Labute approximate surface area is 123 Å². The molecule has 0 aliphatic carbocycles. The van der Waals surface area contributed by atoms with Gasteiger partial charge in [0.15, 0.2) is 0 Å². The second-order valence-corrected chi connectivity index (χ2v) is 5.45. The van der Waals surface area contributed by atoms with Crippen molar-refractivity contribution in [1.82, 2.24) is 10.3 Å². The molecule has 0 saturated carbocycles. The molecule has 1 aromatic carbocycles. The lowest BCUT2D eigenvalue weighted by Crippen LogP contribution is -2.22. The molecule has 2 heterocycles. The van der Waals surface area contributed by atoms with Crippen molar-refractivity contribution in [2.24, 2.45) is 5.73 Å². The maximum Gasteiger partial charge on any atom is 0.260 e. The molecule has 2 aromatic heterocycles. The summed E-state index contributed by atoms with van der Waals surface area (Å²) in [6.45, 7) is 0.243. The molecule has 0 spiro atoms. The van der Waals surface area contributed by atoms with Gasteiger partial charge in [-0.1, -0.05) is 6.07 Å². The number of hydrogen-bond acceptors (Lipinski definition) is 5. The van der Waals surface area contributed by atoms with Gasteiger partial charge in [-0.15, -0.1) is 11.3 Å². The number of amides is 2. The monoisotopic (exact) mass is 301 g/mol. The van der Waals surface area contributed by atoms with E-state index in [0.717, 1.165) is 16.7 Å². The highest BCUT2D eigenvalue weighted by Crippen LogP contribution is 2.17. The Morgan fingerprint density at radius 1 is 1.33 bits per heavy atom. The van der Waals surface area contributed by atoms with E-state index < -0.39 is 5.91 Å². The van der Waals surface area contributed by atoms with E-state index in [9.17, 15) is 9.59 Å². The van der Waals surface area contributed by atoms with E-state index in [1.807, 2.05) is 12.1 Å². The summed E-state index contributed by atoms with van der Waals surface area (Å²) < 4.78 is 5.26. The summed E-state index contributed by atoms with van der Waals surface area (Å²) in [7, 11) is 0. The van der Waals surface area contributed by atoms with Gasteiger partial charge in [0, 0.05) is 10.9 Å². The summed E-state index contributed by atoms with van der Waals surface area (Å²) in [4.78, 5) is 27.4. The van der Waals surface area contributed by atoms with Crippen molar-refractivity contribution in [2.75, 3.05) is 0 Å². The predicted molar refractivity (Wildman–Crippen MR) is 78.0 cm³/mol. The molecule has 0 bridgehead atoms. The van der Waals surface area contributed by atoms with Gasteiger partial charge in [0.25, 0.3) is 11.8 Å². The van der Waals surface area contributed by atoms with E-state index in [0.29, 0.717) is 21.0 Å². The molecule has 0 unspecified atom stereocenters. The Morgan fingerprint density at radius 2 is 2.19 bits per heavy atom. The normalized spacial score (nSPS) is 10.7. The fraction of sp³-hybridized carbons (Fsp3) is 0.0714. The summed E-state index contributed by atoms with van der Waals surface area (Å²) in [5.74, 6) is -0.752. The van der Waals surface area contributed by atoms with Gasteiger partial charge in [-0.2, -0.15) is 0 Å². The third-order valence-corrected chi connectivity index (χ3v) is 3.93. The zero-order valence-corrected chi connectivity index (χ0v) is 11.6. The number of nitrogens with two attached hydrogens (primary N) is 1. The highest BCUT2D eigenvalue weighted by molar-refractivity contribution is 7.13. The van der Waals surface area contributed by atoms with Gasteiger partial charge >= 0.3 is 0 Å². The third-order valence-electron chi connectivity index (χ3n) is 2.91. The van der Waals surface area contributed by atoms with Crippen molar-refractivity contribution < 1.29 is 14.0 Å². The first kappa shape index (κ1) is 13.3. The SMILES string of the molecule is NC(=O)c1cnc(CNC(=O)c2ccc3ccoc3c2)s1. The first-order chi connectivity index (χ1) is 10.1. The molecule has 0 atom stereocenters. The van der Waals surface area contributed by atoms with Gasteiger partial charge in [0.2, 0.25) is 0 Å². The number of nitrogens with one attached hydrogen (secondary N) is 1. The number of carbonyl (C=O) groups is 2. The Kier molecular flexibility index (Phi) is 3.41. The average Bonchev–Trinajstić information content (AvgIpc) is 3.12. The van der Waals surface area contributed by atoms with Crippen LogP contribution < -0.4 is 11.1 Å². The Hall–Kier alpha value is -2.67. The van der Waals surface area contributed by atoms with Crippen molar-refractivity contribution in [2.45, 2.75) is 6.54 Å². The van der Waals surface area contributed by atoms with Gasteiger partial charge in [-0.25, -0.2) is 4.98 Å². The zero-order chi connectivity index (χ0) is 14.8. The van der Waals surface area contributed by atoms with Crippen molar-refractivity contribution in [3.8, 4) is 0 Å². The maximum absolute atomic E-state index is 12.1. The summed E-state index contributed by atoms with van der Waals surface area (Å²) in [5, 5.41) is 4.30. The molecule has 106 valence electrons. The number of nitrogens with zero attached hydrogens (tertiary/aromatic N) is 1. The number of rotatable bonds is 4. The third kappa shape index (κ3) is 2.77. The van der Waals surface area contributed by atoms with Crippen LogP contribution in [0, 0.1) is 0 Å². The van der Waals surface area contributed by atoms with Crippen LogP contribution in [-0.2, 0) is 6.54 Å². The number of fused-ring (bicyclic) bond motifs is 1. The summed E-state index contributed by atoms with van der Waals surface area (Å²) in [5.41, 5.74) is 6.31. The van der Waals surface area contributed by atoms with Gasteiger partial charge in [0.1, 0.15) is 15.5 Å². The van der Waals surface area contributed by atoms with Crippen molar-refractivity contribution >= 4 is 34.1 Å². The van der Waals surface area contributed by atoms with E-state index in [-0.39, 0.29) is 12.5 Å². The molecule has 7 heteroatoms. The molecule has 0 aliphatic heterocycles. The van der Waals surface area contributed by atoms with E-state index >= 15 is 0 Å². The van der Waals surface area contributed by atoms with Crippen molar-refractivity contribution in [1.29, 1.82) is 0 Å². The minimum Gasteiger partial charge on any atom is -0.464 e. The quantitative estimate of drug-likeness (QED) is 0.769. The molecule has 0 radical (unpaired) electrons. The molecule has 6 nitrogen and oxygen atoms in total. The van der Waals surface area contributed by atoms with Crippen LogP contribution in [0.5, 0.6) is 0 Å². The zero-order valence-electron chi connectivity index (χ0n) is 10.8. The smallest absolute Gasteiger partial charge is 0.260 e. The molecule has 21 heavy (non-hydrogen) atoms. The summed E-state index contributed by atoms with van der Waals surface area (Å²) in [6.07, 6.45) is 2.98. The molecule has 3 N–H and O–H groups in total. The van der Waals surface area contributed by atoms with E-state index in [4.69, 9.17) is 10.2 Å². The average molecular weight is 301 g/mol. The number of aromatic nitrogens is 1. The molecular formula is C14H11N3O3S. The topological polar surface area (TPSA) is 98.2 Å². The standard InChI is InChI=1S/C14H11N3O3S/c15-13(18)11-6-16-12(21-11)7-17-14(19)9-2-1-8-3-4-20-10(8)5-9/h1-6H,7H2,(H2,15,18)(H,17,19). The fourth-order valence-corrected chi connectivity index (χ4v) is 2.57. The van der Waals surface area contributed by atoms with E-state index in [1.165, 1.54) is 6.20 Å². The number of hydrogen-bond donors (Lipinski definition) is 2. The van der Waals surface area contributed by atoms with Gasteiger partial charge in [0.05, 0.1) is 19.0 Å². The minimum atomic E-state index is -0.520. The lowest BCUT2D eigenvalue weighted by Gasteiger charge is -2.03. The minimum absolute atomic E-state index is 0.232. The van der Waals surface area contributed by atoms with Gasteiger partial charge in [-0.05, 0) is 18.2 Å². The van der Waals surface area contributed by atoms with Crippen LogP contribution in [0.3, 0.4) is 0 Å². The van der Waals surface area contributed by atoms with Gasteiger partial charge in [-0.3, -0.25) is 9.59 Å². The Morgan fingerprint density at radius 3 is 2.95 bits per heavy atom. The van der Waals surface area contributed by atoms with Crippen LogP contribution in [0.15, 0.2) is 41.1 Å². The number of benzene rings is 1. The fourth-order valence-electron chi connectivity index (χ4n) is 1.86. The highest BCUT2D eigenvalue weighted by atomic mass is 32.1. The Balaban J connectivity index is 1.69. The van der Waals surface area contributed by atoms with Crippen LogP contribution in [0.25, 0.3) is 11.0 Å². The predicted octanol–water partition coefficient (Wildman–Crippen LogP) is 1.92. The van der Waals surface area contributed by atoms with Crippen LogP contribution in [-0.4, -0.2) is 16.8 Å². The lowest BCUT2D eigenvalue weighted by atomic mass is 10.1. The van der Waals surface area contributed by atoms with Crippen LogP contribution >= 0.6 is 11.3 Å². The number of furan rings is 1. The van der Waals surface area contributed by atoms with Crippen molar-refractivity contribution in [3.63, 3.8) is 0 Å². The number of carbonyl (C=O) groups excluding carboxylic acids is 2. The second kappa shape index (κ2) is 5.37. The molecular weight excluding hydrogens is 290 g/mol. The van der Waals surface area contributed by atoms with E-state index in [1.54, 1.807) is 18.4 Å². The van der Waals surface area contributed by atoms with Crippen LogP contribution in [0.1, 0.15) is 25.0 Å².